The van der Waals surface area contributed by atoms with Crippen molar-refractivity contribution >= 4 is 29.0 Å². The number of hydrogen-bond acceptors (Lipinski definition) is 6. The quantitative estimate of drug-likeness (QED) is 0.455. The minimum atomic E-state index is -0.676. The van der Waals surface area contributed by atoms with Crippen LogP contribution in [0.4, 0.5) is 11.5 Å². The highest BCUT2D eigenvalue weighted by Crippen LogP contribution is 2.27. The second kappa shape index (κ2) is 5.94. The van der Waals surface area contributed by atoms with Gasteiger partial charge in [-0.05, 0) is 0 Å². The minimum absolute atomic E-state index is 0.00102. The van der Waals surface area contributed by atoms with E-state index in [1.165, 1.54) is 7.05 Å². The minimum Gasteiger partial charge on any atom is -0.364 e. The van der Waals surface area contributed by atoms with Crippen LogP contribution in [0.3, 0.4) is 0 Å². The van der Waals surface area contributed by atoms with Gasteiger partial charge in [0.15, 0.2) is 0 Å². The molecule has 0 atom stereocenters. The number of carbonyl (C=O) groups is 1. The Bertz CT molecular complexity index is 439. The number of hydrogen-bond donors (Lipinski definition) is 2. The van der Waals surface area contributed by atoms with Crippen LogP contribution < -0.4 is 10.6 Å². The summed E-state index contributed by atoms with van der Waals surface area (Å²) in [6, 6.07) is 0. The van der Waals surface area contributed by atoms with Crippen molar-refractivity contribution in [3.8, 4) is 0 Å². The number of halogens is 1. The molecule has 92 valence electrons. The molecule has 0 aromatic carbocycles. The molecule has 0 aliphatic heterocycles. The standard InChI is InChI=1S/C8H10ClN5O3/c1-10-5(15)2-3-11-8-6(14(16)17)7(9)12-4-13-8/h4H,2-3H2,1H3,(H,10,15)(H,11,12,13). The van der Waals surface area contributed by atoms with Gasteiger partial charge in [-0.3, -0.25) is 14.9 Å². The molecule has 0 saturated carbocycles. The molecular formula is C8H10ClN5O3. The molecule has 1 amide bonds. The third kappa shape index (κ3) is 3.52. The van der Waals surface area contributed by atoms with E-state index in [1.807, 2.05) is 0 Å². The van der Waals surface area contributed by atoms with Crippen LogP contribution in [-0.2, 0) is 4.79 Å². The maximum absolute atomic E-state index is 10.9. The monoisotopic (exact) mass is 259 g/mol. The molecule has 1 aromatic rings. The maximum Gasteiger partial charge on any atom is 0.348 e. The molecule has 17 heavy (non-hydrogen) atoms. The van der Waals surface area contributed by atoms with Gasteiger partial charge >= 0.3 is 5.69 Å². The largest absolute Gasteiger partial charge is 0.364 e. The zero-order valence-electron chi connectivity index (χ0n) is 8.94. The third-order valence-corrected chi connectivity index (χ3v) is 2.16. The summed E-state index contributed by atoms with van der Waals surface area (Å²) < 4.78 is 0. The second-order valence-corrected chi connectivity index (χ2v) is 3.33. The molecule has 0 aliphatic carbocycles. The van der Waals surface area contributed by atoms with Gasteiger partial charge in [-0.25, -0.2) is 9.97 Å². The van der Waals surface area contributed by atoms with Crippen LogP contribution in [0, 0.1) is 10.1 Å². The fourth-order valence-corrected chi connectivity index (χ4v) is 1.27. The van der Waals surface area contributed by atoms with E-state index in [0.29, 0.717) is 0 Å². The summed E-state index contributed by atoms with van der Waals surface area (Å²) in [6.07, 6.45) is 1.28. The van der Waals surface area contributed by atoms with Crippen molar-refractivity contribution in [3.63, 3.8) is 0 Å². The lowest BCUT2D eigenvalue weighted by atomic mass is 10.4. The summed E-state index contributed by atoms with van der Waals surface area (Å²) in [6.45, 7) is 0.216. The molecule has 9 heteroatoms. The highest BCUT2D eigenvalue weighted by molar-refractivity contribution is 6.31. The SMILES string of the molecule is CNC(=O)CCNc1ncnc(Cl)c1[N+](=O)[O-]. The van der Waals surface area contributed by atoms with Crippen LogP contribution >= 0.6 is 11.6 Å². The molecule has 0 bridgehead atoms. The van der Waals surface area contributed by atoms with E-state index in [1.54, 1.807) is 0 Å². The molecule has 1 rings (SSSR count). The Balaban J connectivity index is 2.74. The number of anilines is 1. The summed E-state index contributed by atoms with van der Waals surface area (Å²) in [5.41, 5.74) is -0.397. The maximum atomic E-state index is 10.9. The van der Waals surface area contributed by atoms with E-state index in [9.17, 15) is 14.9 Å². The molecule has 0 radical (unpaired) electrons. The lowest BCUT2D eigenvalue weighted by molar-refractivity contribution is -0.384. The van der Waals surface area contributed by atoms with Crippen molar-refractivity contribution in [2.45, 2.75) is 6.42 Å². The van der Waals surface area contributed by atoms with Crippen LogP contribution in [0.15, 0.2) is 6.33 Å². The lowest BCUT2D eigenvalue weighted by Gasteiger charge is -2.05. The van der Waals surface area contributed by atoms with Crippen molar-refractivity contribution in [2.75, 3.05) is 18.9 Å². The van der Waals surface area contributed by atoms with Crippen LogP contribution in [0.25, 0.3) is 0 Å². The van der Waals surface area contributed by atoms with Gasteiger partial charge in [-0.15, -0.1) is 0 Å². The average molecular weight is 260 g/mol. The fraction of sp³-hybridized carbons (Fsp3) is 0.375. The molecule has 2 N–H and O–H groups in total. The molecule has 1 aromatic heterocycles. The van der Waals surface area contributed by atoms with E-state index in [-0.39, 0.29) is 29.8 Å². The first-order valence-corrected chi connectivity index (χ1v) is 5.03. The van der Waals surface area contributed by atoms with Gasteiger partial charge in [-0.1, -0.05) is 11.6 Å². The van der Waals surface area contributed by atoms with Crippen LogP contribution in [0.1, 0.15) is 6.42 Å². The third-order valence-electron chi connectivity index (χ3n) is 1.88. The van der Waals surface area contributed by atoms with E-state index in [0.717, 1.165) is 6.33 Å². The van der Waals surface area contributed by atoms with E-state index in [4.69, 9.17) is 11.6 Å². The average Bonchev–Trinajstić information content (AvgIpc) is 2.28. The number of carbonyl (C=O) groups excluding carboxylic acids is 1. The zero-order valence-corrected chi connectivity index (χ0v) is 9.69. The van der Waals surface area contributed by atoms with Gasteiger partial charge in [0.25, 0.3) is 0 Å². The molecule has 0 aliphatic rings. The Labute approximate surface area is 102 Å². The molecule has 0 spiro atoms. The predicted octanol–water partition coefficient (Wildman–Crippen LogP) is 0.586. The van der Waals surface area contributed by atoms with Gasteiger partial charge < -0.3 is 10.6 Å². The number of nitrogens with zero attached hydrogens (tertiary/aromatic N) is 3. The summed E-state index contributed by atoms with van der Waals surface area (Å²) >= 11 is 5.58. The number of amides is 1. The van der Waals surface area contributed by atoms with Gasteiger partial charge in [0.05, 0.1) is 4.92 Å². The number of nitrogens with one attached hydrogen (secondary N) is 2. The topological polar surface area (TPSA) is 110 Å². The summed E-state index contributed by atoms with van der Waals surface area (Å²) in [5, 5.41) is 15.6. The molecule has 1 heterocycles. The van der Waals surface area contributed by atoms with Gasteiger partial charge in [0.2, 0.25) is 16.9 Å². The summed E-state index contributed by atoms with van der Waals surface area (Å²) in [7, 11) is 1.51. The van der Waals surface area contributed by atoms with Gasteiger partial charge in [0.1, 0.15) is 6.33 Å². The Morgan fingerprint density at radius 1 is 1.59 bits per heavy atom. The fourth-order valence-electron chi connectivity index (χ4n) is 1.07. The zero-order chi connectivity index (χ0) is 12.8. The van der Waals surface area contributed by atoms with Crippen LogP contribution in [-0.4, -0.2) is 34.4 Å². The molecular weight excluding hydrogens is 250 g/mol. The highest BCUT2D eigenvalue weighted by atomic mass is 35.5. The first-order chi connectivity index (χ1) is 8.06. The van der Waals surface area contributed by atoms with Gasteiger partial charge in [-0.2, -0.15) is 0 Å². The van der Waals surface area contributed by atoms with E-state index >= 15 is 0 Å². The van der Waals surface area contributed by atoms with Crippen molar-refractivity contribution in [2.24, 2.45) is 0 Å². The van der Waals surface area contributed by atoms with E-state index in [2.05, 4.69) is 20.6 Å². The first kappa shape index (κ1) is 13.1. The predicted molar refractivity (Wildman–Crippen MR) is 60.9 cm³/mol. The van der Waals surface area contributed by atoms with Crippen molar-refractivity contribution in [1.82, 2.24) is 15.3 Å². The normalized spacial score (nSPS) is 9.76. The van der Waals surface area contributed by atoms with Crippen molar-refractivity contribution in [3.05, 3.63) is 21.6 Å². The number of rotatable bonds is 5. The second-order valence-electron chi connectivity index (χ2n) is 2.97. The first-order valence-electron chi connectivity index (χ1n) is 4.65. The van der Waals surface area contributed by atoms with Crippen LogP contribution in [0.5, 0.6) is 0 Å². The molecule has 0 unspecified atom stereocenters. The molecule has 8 nitrogen and oxygen atoms in total. The van der Waals surface area contributed by atoms with Crippen molar-refractivity contribution in [1.29, 1.82) is 0 Å². The molecule has 0 fully saturated rings. The Kier molecular flexibility index (Phi) is 4.58. The van der Waals surface area contributed by atoms with Crippen LogP contribution in [0.2, 0.25) is 5.15 Å². The van der Waals surface area contributed by atoms with Crippen molar-refractivity contribution < 1.29 is 9.72 Å². The highest BCUT2D eigenvalue weighted by Gasteiger charge is 2.21. The Morgan fingerprint density at radius 3 is 2.88 bits per heavy atom. The smallest absolute Gasteiger partial charge is 0.348 e. The number of nitro groups is 1. The van der Waals surface area contributed by atoms with E-state index < -0.39 is 10.6 Å². The Morgan fingerprint density at radius 2 is 2.29 bits per heavy atom. The summed E-state index contributed by atoms with van der Waals surface area (Å²) in [4.78, 5) is 28.2. The summed E-state index contributed by atoms with van der Waals surface area (Å²) in [5.74, 6) is -0.181. The van der Waals surface area contributed by atoms with Gasteiger partial charge in [0, 0.05) is 20.0 Å². The molecule has 0 saturated heterocycles. The Hall–Kier alpha value is -1.96. The lowest BCUT2D eigenvalue weighted by Crippen LogP contribution is -2.21. The number of aromatic nitrogens is 2.